The molecule has 2 atom stereocenters. The van der Waals surface area contributed by atoms with E-state index in [0.717, 1.165) is 0 Å². The molecule has 0 amide bonds. The maximum atomic E-state index is 13.8. The third-order valence-electron chi connectivity index (χ3n) is 3.81. The first kappa shape index (κ1) is 12.5. The van der Waals surface area contributed by atoms with E-state index < -0.39 is 11.5 Å². The Balaban J connectivity index is 2.31. The first-order valence-corrected chi connectivity index (χ1v) is 6.04. The van der Waals surface area contributed by atoms with Gasteiger partial charge < -0.3 is 9.84 Å². The average Bonchev–Trinajstić information content (AvgIpc) is 2.29. The molecular weight excluding hydrogens is 219 g/mol. The van der Waals surface area contributed by atoms with Gasteiger partial charge in [-0.15, -0.1) is 0 Å². The summed E-state index contributed by atoms with van der Waals surface area (Å²) in [4.78, 5) is 0. The van der Waals surface area contributed by atoms with Gasteiger partial charge in [-0.05, 0) is 18.1 Å². The lowest BCUT2D eigenvalue weighted by Gasteiger charge is -2.40. The molecule has 0 radical (unpaired) electrons. The van der Waals surface area contributed by atoms with Gasteiger partial charge in [-0.25, -0.2) is 4.39 Å². The van der Waals surface area contributed by atoms with E-state index in [1.54, 1.807) is 12.1 Å². The minimum absolute atomic E-state index is 0.0619. The number of aliphatic hydroxyl groups excluding tert-OH is 1. The first-order chi connectivity index (χ1) is 8.03. The van der Waals surface area contributed by atoms with Crippen LogP contribution in [0.25, 0.3) is 0 Å². The van der Waals surface area contributed by atoms with E-state index in [-0.39, 0.29) is 11.7 Å². The molecular formula is C14H19FO2. The van der Waals surface area contributed by atoms with E-state index in [4.69, 9.17) is 4.74 Å². The van der Waals surface area contributed by atoms with Crippen LogP contribution in [0.2, 0.25) is 0 Å². The lowest BCUT2D eigenvalue weighted by molar-refractivity contribution is -0.0611. The normalized spacial score (nSPS) is 25.9. The van der Waals surface area contributed by atoms with Gasteiger partial charge in [0.15, 0.2) is 0 Å². The second-order valence-electron chi connectivity index (χ2n) is 5.24. The first-order valence-electron chi connectivity index (χ1n) is 6.04. The number of hydrogen-bond acceptors (Lipinski definition) is 2. The van der Waals surface area contributed by atoms with Gasteiger partial charge in [0.1, 0.15) is 5.82 Å². The molecule has 1 aliphatic heterocycles. The molecule has 0 spiro atoms. The average molecular weight is 238 g/mol. The standard InChI is InChI=1S/C14H19FO2/c1-14(2,10-5-3-4-6-12(10)15)11-9-17-8-7-13(11)16/h3-6,11,13,16H,7-9H2,1-2H3/t11-,13+/m0/s1. The molecule has 1 fully saturated rings. The van der Waals surface area contributed by atoms with Gasteiger partial charge in [0.2, 0.25) is 0 Å². The quantitative estimate of drug-likeness (QED) is 0.857. The topological polar surface area (TPSA) is 29.5 Å². The predicted octanol–water partition coefficient (Wildman–Crippen LogP) is 2.50. The van der Waals surface area contributed by atoms with Crippen LogP contribution in [0, 0.1) is 11.7 Å². The smallest absolute Gasteiger partial charge is 0.126 e. The zero-order valence-electron chi connectivity index (χ0n) is 10.3. The minimum atomic E-state index is -0.425. The van der Waals surface area contributed by atoms with Crippen molar-refractivity contribution in [2.24, 2.45) is 5.92 Å². The zero-order chi connectivity index (χ0) is 12.5. The van der Waals surface area contributed by atoms with Crippen LogP contribution in [0.5, 0.6) is 0 Å². The predicted molar refractivity (Wildman–Crippen MR) is 64.4 cm³/mol. The molecule has 1 heterocycles. The number of benzene rings is 1. The molecule has 0 bridgehead atoms. The second-order valence-corrected chi connectivity index (χ2v) is 5.24. The van der Waals surface area contributed by atoms with Gasteiger partial charge in [0.05, 0.1) is 12.7 Å². The van der Waals surface area contributed by atoms with Gasteiger partial charge >= 0.3 is 0 Å². The highest BCUT2D eigenvalue weighted by Gasteiger charge is 2.39. The van der Waals surface area contributed by atoms with Crippen molar-refractivity contribution < 1.29 is 14.2 Å². The Morgan fingerprint density at radius 3 is 2.71 bits per heavy atom. The van der Waals surface area contributed by atoms with E-state index >= 15 is 0 Å². The van der Waals surface area contributed by atoms with Gasteiger partial charge in [0.25, 0.3) is 0 Å². The van der Waals surface area contributed by atoms with Crippen molar-refractivity contribution in [2.45, 2.75) is 31.8 Å². The fourth-order valence-corrected chi connectivity index (χ4v) is 2.60. The monoisotopic (exact) mass is 238 g/mol. The third-order valence-corrected chi connectivity index (χ3v) is 3.81. The van der Waals surface area contributed by atoms with Crippen molar-refractivity contribution >= 4 is 0 Å². The summed E-state index contributed by atoms with van der Waals surface area (Å²) in [6.07, 6.45) is 0.209. The summed E-state index contributed by atoms with van der Waals surface area (Å²) >= 11 is 0. The minimum Gasteiger partial charge on any atom is -0.393 e. The fourth-order valence-electron chi connectivity index (χ4n) is 2.60. The highest BCUT2D eigenvalue weighted by atomic mass is 19.1. The molecule has 2 rings (SSSR count). The van der Waals surface area contributed by atoms with Crippen molar-refractivity contribution in [1.29, 1.82) is 0 Å². The molecule has 94 valence electrons. The Labute approximate surface area is 101 Å². The summed E-state index contributed by atoms with van der Waals surface area (Å²) in [5.41, 5.74) is 0.222. The summed E-state index contributed by atoms with van der Waals surface area (Å²) in [6, 6.07) is 6.77. The molecule has 0 aromatic heterocycles. The summed E-state index contributed by atoms with van der Waals surface area (Å²) < 4.78 is 19.3. The second kappa shape index (κ2) is 4.75. The van der Waals surface area contributed by atoms with Crippen molar-refractivity contribution in [3.8, 4) is 0 Å². The third kappa shape index (κ3) is 2.35. The van der Waals surface area contributed by atoms with Gasteiger partial charge in [-0.1, -0.05) is 32.0 Å². The van der Waals surface area contributed by atoms with Crippen LogP contribution in [0.3, 0.4) is 0 Å². The van der Waals surface area contributed by atoms with E-state index in [1.165, 1.54) is 6.07 Å². The van der Waals surface area contributed by atoms with E-state index in [1.807, 2.05) is 19.9 Å². The van der Waals surface area contributed by atoms with Crippen LogP contribution >= 0.6 is 0 Å². The maximum Gasteiger partial charge on any atom is 0.126 e. The van der Waals surface area contributed by atoms with Crippen molar-refractivity contribution in [2.75, 3.05) is 13.2 Å². The molecule has 17 heavy (non-hydrogen) atoms. The zero-order valence-corrected chi connectivity index (χ0v) is 10.3. The summed E-state index contributed by atoms with van der Waals surface area (Å²) in [6.45, 7) is 5.01. The Bertz CT molecular complexity index is 390. The van der Waals surface area contributed by atoms with Crippen molar-refractivity contribution in [3.63, 3.8) is 0 Å². The number of halogens is 1. The van der Waals surface area contributed by atoms with Crippen molar-refractivity contribution in [3.05, 3.63) is 35.6 Å². The summed E-state index contributed by atoms with van der Waals surface area (Å²) in [5, 5.41) is 10.1. The van der Waals surface area contributed by atoms with Crippen LogP contribution < -0.4 is 0 Å². The Hall–Kier alpha value is -0.930. The number of aliphatic hydroxyl groups is 1. The molecule has 2 nitrogen and oxygen atoms in total. The molecule has 0 unspecified atom stereocenters. The van der Waals surface area contributed by atoms with Gasteiger partial charge in [0, 0.05) is 17.9 Å². The molecule has 1 aromatic rings. The fraction of sp³-hybridized carbons (Fsp3) is 0.571. The highest BCUT2D eigenvalue weighted by Crippen LogP contribution is 2.37. The Morgan fingerprint density at radius 1 is 1.35 bits per heavy atom. The van der Waals surface area contributed by atoms with Crippen LogP contribution in [0.1, 0.15) is 25.8 Å². The maximum absolute atomic E-state index is 13.8. The molecule has 0 saturated carbocycles. The molecule has 1 aliphatic rings. The number of hydrogen-bond donors (Lipinski definition) is 1. The lowest BCUT2D eigenvalue weighted by atomic mass is 9.70. The SMILES string of the molecule is CC(C)(c1ccccc1F)[C@H]1COCC[C@H]1O. The van der Waals surface area contributed by atoms with Crippen LogP contribution in [-0.2, 0) is 10.2 Å². The molecule has 3 heteroatoms. The molecule has 1 N–H and O–H groups in total. The Morgan fingerprint density at radius 2 is 2.06 bits per heavy atom. The number of ether oxygens (including phenoxy) is 1. The largest absolute Gasteiger partial charge is 0.393 e. The lowest BCUT2D eigenvalue weighted by Crippen LogP contribution is -2.44. The van der Waals surface area contributed by atoms with Gasteiger partial charge in [-0.2, -0.15) is 0 Å². The molecule has 0 aliphatic carbocycles. The van der Waals surface area contributed by atoms with E-state index in [2.05, 4.69) is 0 Å². The Kier molecular flexibility index (Phi) is 3.50. The van der Waals surface area contributed by atoms with Crippen LogP contribution in [0.4, 0.5) is 4.39 Å². The van der Waals surface area contributed by atoms with E-state index in [9.17, 15) is 9.50 Å². The van der Waals surface area contributed by atoms with Crippen molar-refractivity contribution in [1.82, 2.24) is 0 Å². The molecule has 1 aromatic carbocycles. The van der Waals surface area contributed by atoms with E-state index in [0.29, 0.717) is 25.2 Å². The van der Waals surface area contributed by atoms with Crippen LogP contribution in [0.15, 0.2) is 24.3 Å². The van der Waals surface area contributed by atoms with Crippen LogP contribution in [-0.4, -0.2) is 24.4 Å². The highest BCUT2D eigenvalue weighted by molar-refractivity contribution is 5.27. The molecule has 1 saturated heterocycles. The van der Waals surface area contributed by atoms with Gasteiger partial charge in [-0.3, -0.25) is 0 Å². The summed E-state index contributed by atoms with van der Waals surface area (Å²) in [7, 11) is 0. The summed E-state index contributed by atoms with van der Waals surface area (Å²) in [5.74, 6) is -0.275. The number of rotatable bonds is 2.